The van der Waals surface area contributed by atoms with Crippen LogP contribution in [0.5, 0.6) is 0 Å². The second kappa shape index (κ2) is 94.1. The number of hydrogen-bond acceptors (Lipinski definition) is 0. The summed E-state index contributed by atoms with van der Waals surface area (Å²) < 4.78 is 0. The van der Waals surface area contributed by atoms with E-state index >= 15 is 0 Å². The number of hydrogen-bond donors (Lipinski definition) is 0. The van der Waals surface area contributed by atoms with Gasteiger partial charge in [-0.2, -0.15) is 0 Å². The van der Waals surface area contributed by atoms with Gasteiger partial charge in [-0.05, 0) is 0 Å². The molecule has 0 heterocycles. The molecule has 0 fully saturated rings. The molecule has 0 atom stereocenters. The Labute approximate surface area is 551 Å². The Kier molecular flexibility index (Phi) is 648. The second-order valence-corrected chi connectivity index (χ2v) is 0. The normalized spacial score (nSPS) is 0. The van der Waals surface area contributed by atoms with Crippen molar-refractivity contribution in [1.29, 1.82) is 0 Å². The zero-order valence-electron chi connectivity index (χ0n) is 5.99. The van der Waals surface area contributed by atoms with Crippen LogP contribution in [0.25, 0.3) is 0 Å². The van der Waals surface area contributed by atoms with Crippen LogP contribution in [0.4, 0.5) is 0 Å². The molecule has 0 aliphatic heterocycles. The quantitative estimate of drug-likeness (QED) is 0.218. The van der Waals surface area contributed by atoms with E-state index < -0.39 is 0 Å². The molecule has 0 saturated carbocycles. The summed E-state index contributed by atoms with van der Waals surface area (Å²) in [4.78, 5) is 0. The van der Waals surface area contributed by atoms with Crippen molar-refractivity contribution in [3.8, 4) is 0 Å². The van der Waals surface area contributed by atoms with E-state index in [0.717, 1.165) is 0 Å². The van der Waals surface area contributed by atoms with E-state index in [0.29, 0.717) is 0 Å². The van der Waals surface area contributed by atoms with E-state index in [1.165, 1.54) is 0 Å². The predicted octanol–water partition coefficient (Wildman–Crippen LogP) is -3.90. The van der Waals surface area contributed by atoms with Crippen molar-refractivity contribution in [2.24, 2.45) is 0 Å². The third kappa shape index (κ3) is 88.3. The molecule has 0 aromatic rings. The molecule has 0 unspecified atom stereocenters. The van der Waals surface area contributed by atoms with Gasteiger partial charge in [-0.15, -0.1) is 0 Å². The zero-order chi connectivity index (χ0) is 0. The molecule has 15 heteroatoms. The van der Waals surface area contributed by atoms with Gasteiger partial charge in [-0.1, -0.05) is 0 Å². The molecule has 0 aromatic heterocycles. The molecule has 0 aliphatic rings. The minimum atomic E-state index is 0. The Hall–Kier alpha value is 18.6. The number of rotatable bonds is 0. The molecule has 0 rings (SSSR count). The standard InChI is InChI=1S/Ba.Cd.Cs.Eu.Ga.Gd.Hg.In.Nd.Pr.Rb.Sm.Sr.Ti.Zn.6H. The van der Waals surface area contributed by atoms with Gasteiger partial charge in [0.2, 0.25) is 0 Å². The minimum Gasteiger partial charge on any atom is 0 e. The Morgan fingerprint density at radius 3 is 1.00 bits per heavy atom. The molecule has 0 bridgehead atoms. The molecule has 0 aromatic carbocycles. The summed E-state index contributed by atoms with van der Waals surface area (Å²) in [6, 6.07) is 0. The fourth-order valence-corrected chi connectivity index (χ4v) is 0. The van der Waals surface area contributed by atoms with Crippen LogP contribution in [0.1, 0.15) is 0 Å². The van der Waals surface area contributed by atoms with E-state index in [4.69, 9.17) is 0 Å². The van der Waals surface area contributed by atoms with Crippen molar-refractivity contribution in [3.05, 3.63) is 0 Å². The molecular formula is H6BaCdCsEuGaGdHgInNdPrRbSmSrTiZn. The maximum atomic E-state index is 0. The van der Waals surface area contributed by atoms with Crippen molar-refractivity contribution in [2.45, 2.75) is 0 Å². The monoisotopic (exact) mass is 1810 g/mol. The molecule has 0 nitrogen and oxygen atoms in total. The van der Waals surface area contributed by atoms with Gasteiger partial charge in [0, 0.05) is 354 Å². The fraction of sp³-hybridized carbons (Fsp3) is 0. The molecule has 0 spiro atoms. The van der Waals surface area contributed by atoms with Gasteiger partial charge >= 0.3 is 221 Å². The van der Waals surface area contributed by atoms with Crippen molar-refractivity contribution < 1.29 is 308 Å². The van der Waals surface area contributed by atoms with Gasteiger partial charge in [-0.3, -0.25) is 0 Å². The van der Waals surface area contributed by atoms with E-state index in [9.17, 15) is 0 Å². The van der Waals surface area contributed by atoms with Crippen LogP contribution in [0.3, 0.4) is 0 Å². The summed E-state index contributed by atoms with van der Waals surface area (Å²) in [5, 5.41) is 0. The van der Waals surface area contributed by atoms with Crippen LogP contribution in [0.15, 0.2) is 0 Å². The SMILES string of the molecule is [BaH2].[Cd].[CsH].[Eu].[Ga].[Gd].[Hg].[In].[Nd].[Pr].[RbH].[Sm].[SrH2].[Ti].[Zn]. The summed E-state index contributed by atoms with van der Waals surface area (Å²) in [5.74, 6) is 0. The largest absolute Gasteiger partial charge is 0 e. The van der Waals surface area contributed by atoms with Crippen LogP contribution in [-0.2, 0) is 96.2 Å². The van der Waals surface area contributed by atoms with Crippen LogP contribution in [-0.4, -0.2) is 267 Å². The van der Waals surface area contributed by atoms with Crippen LogP contribution < -0.4 is 0 Å². The summed E-state index contributed by atoms with van der Waals surface area (Å²) in [5.41, 5.74) is 0. The summed E-state index contributed by atoms with van der Waals surface area (Å²) in [7, 11) is 0. The molecular weight excluding hydrogens is 1800 g/mol. The summed E-state index contributed by atoms with van der Waals surface area (Å²) in [6.07, 6.45) is 0. The first-order valence-electron chi connectivity index (χ1n) is 0. The summed E-state index contributed by atoms with van der Waals surface area (Å²) in [6.45, 7) is 0. The van der Waals surface area contributed by atoms with Gasteiger partial charge in [0.1, 0.15) is 0 Å². The zero-order valence-corrected chi connectivity index (χ0v) is 40.0. The van der Waals surface area contributed by atoms with E-state index in [-0.39, 0.29) is 575 Å². The van der Waals surface area contributed by atoms with Gasteiger partial charge in [0.25, 0.3) is 0 Å². The average molecular weight is 1800 g/mol. The first kappa shape index (κ1) is 103. The van der Waals surface area contributed by atoms with Crippen molar-refractivity contribution >= 4 is 267 Å². The topological polar surface area (TPSA) is 0 Å². The van der Waals surface area contributed by atoms with Gasteiger partial charge in [0.15, 0.2) is 0 Å². The van der Waals surface area contributed by atoms with Crippen molar-refractivity contribution in [1.82, 2.24) is 0 Å². The van der Waals surface area contributed by atoms with Crippen LogP contribution >= 0.6 is 0 Å². The maximum Gasteiger partial charge on any atom is 0 e. The van der Waals surface area contributed by atoms with E-state index in [1.807, 2.05) is 0 Å². The molecule has 15 heavy (non-hydrogen) atoms. The molecule has 0 saturated heterocycles. The fourth-order valence-electron chi connectivity index (χ4n) is 0. The maximum absolute atomic E-state index is 0. The predicted molar refractivity (Wildman–Crippen MR) is 42.9 cm³/mol. The first-order chi connectivity index (χ1) is 0. The molecule has 0 aliphatic carbocycles. The minimum absolute atomic E-state index is 0. The van der Waals surface area contributed by atoms with Gasteiger partial charge in [-0.25, -0.2) is 0 Å². The van der Waals surface area contributed by atoms with Crippen LogP contribution in [0, 0.1) is 212 Å². The van der Waals surface area contributed by atoms with Crippen molar-refractivity contribution in [3.63, 3.8) is 0 Å². The van der Waals surface area contributed by atoms with E-state index in [2.05, 4.69) is 0 Å². The Morgan fingerprint density at radius 1 is 1.00 bits per heavy atom. The Balaban J connectivity index is 0. The smallest absolute Gasteiger partial charge is 0 e. The Morgan fingerprint density at radius 2 is 1.00 bits per heavy atom. The molecule has 56 valence electrons. The van der Waals surface area contributed by atoms with E-state index in [1.54, 1.807) is 0 Å². The van der Waals surface area contributed by atoms with Crippen molar-refractivity contribution in [2.75, 3.05) is 0 Å². The van der Waals surface area contributed by atoms with Crippen LogP contribution in [0.2, 0.25) is 0 Å². The average Bonchev–Trinajstić information content (AvgIpc) is 0. The Bertz CT molecular complexity index is 58.6. The molecule has 8 radical (unpaired) electrons. The first-order valence-corrected chi connectivity index (χ1v) is 0. The third-order valence-corrected chi connectivity index (χ3v) is 0. The van der Waals surface area contributed by atoms with Gasteiger partial charge in [0.05, 0.1) is 0 Å². The summed E-state index contributed by atoms with van der Waals surface area (Å²) >= 11 is 0. The molecule has 0 N–H and O–H groups in total. The third-order valence-electron chi connectivity index (χ3n) is 0. The molecule has 0 amide bonds. The second-order valence-electron chi connectivity index (χ2n) is 0. The van der Waals surface area contributed by atoms with Gasteiger partial charge < -0.3 is 0 Å².